The smallest absolute Gasteiger partial charge is 0.107 e. The third kappa shape index (κ3) is 3.44. The van der Waals surface area contributed by atoms with Crippen molar-refractivity contribution in [2.24, 2.45) is 11.7 Å². The highest BCUT2D eigenvalue weighted by atomic mass is 35.5. The molecule has 0 atom stereocenters. The number of nitrogens with two attached hydrogens (primary N) is 1. The first-order chi connectivity index (χ1) is 9.50. The van der Waals surface area contributed by atoms with Crippen LogP contribution in [0.5, 0.6) is 0 Å². The van der Waals surface area contributed by atoms with Gasteiger partial charge in [-0.3, -0.25) is 0 Å². The number of benzene rings is 1. The van der Waals surface area contributed by atoms with E-state index in [4.69, 9.17) is 29.6 Å². The molecule has 2 N–H and O–H groups in total. The van der Waals surface area contributed by atoms with Crippen molar-refractivity contribution in [3.8, 4) is 0 Å². The van der Waals surface area contributed by atoms with E-state index in [0.717, 1.165) is 17.8 Å². The first-order valence-corrected chi connectivity index (χ1v) is 8.14. The highest BCUT2D eigenvalue weighted by molar-refractivity contribution is 7.80. The van der Waals surface area contributed by atoms with E-state index in [1.807, 2.05) is 12.1 Å². The minimum Gasteiger partial charge on any atom is -0.389 e. The Balaban J connectivity index is 2.42. The molecule has 1 saturated carbocycles. The van der Waals surface area contributed by atoms with Crippen LogP contribution in [0.25, 0.3) is 0 Å². The van der Waals surface area contributed by atoms with Crippen LogP contribution in [0.3, 0.4) is 0 Å². The van der Waals surface area contributed by atoms with Gasteiger partial charge in [-0.15, -0.1) is 0 Å². The molecule has 2 nitrogen and oxygen atoms in total. The fourth-order valence-corrected chi connectivity index (χ4v) is 3.59. The summed E-state index contributed by atoms with van der Waals surface area (Å²) in [5.74, 6) is 0.591. The molecule has 0 unspecified atom stereocenters. The quantitative estimate of drug-likeness (QED) is 0.818. The maximum Gasteiger partial charge on any atom is 0.107 e. The van der Waals surface area contributed by atoms with Crippen molar-refractivity contribution >= 4 is 34.5 Å². The van der Waals surface area contributed by atoms with Gasteiger partial charge >= 0.3 is 0 Å². The molecule has 1 aromatic carbocycles. The summed E-state index contributed by atoms with van der Waals surface area (Å²) in [5, 5.41) is 0.654. The molecular formula is C16H23ClN2S. The van der Waals surface area contributed by atoms with Crippen LogP contribution in [0, 0.1) is 5.92 Å². The predicted molar refractivity (Wildman–Crippen MR) is 91.8 cm³/mol. The van der Waals surface area contributed by atoms with Crippen molar-refractivity contribution in [1.82, 2.24) is 0 Å². The van der Waals surface area contributed by atoms with E-state index < -0.39 is 0 Å². The van der Waals surface area contributed by atoms with Gasteiger partial charge in [0.05, 0.1) is 10.6 Å². The Bertz CT molecular complexity index is 481. The van der Waals surface area contributed by atoms with Crippen LogP contribution in [0.1, 0.15) is 45.1 Å². The fraction of sp³-hybridized carbons (Fsp3) is 0.562. The van der Waals surface area contributed by atoms with E-state index >= 15 is 0 Å². The van der Waals surface area contributed by atoms with E-state index in [-0.39, 0.29) is 0 Å². The van der Waals surface area contributed by atoms with Crippen LogP contribution in [0.15, 0.2) is 18.2 Å². The molecule has 0 amide bonds. The number of rotatable bonds is 5. The van der Waals surface area contributed by atoms with Gasteiger partial charge in [-0.05, 0) is 30.9 Å². The second-order valence-electron chi connectivity index (χ2n) is 5.98. The van der Waals surface area contributed by atoms with Gasteiger partial charge in [-0.2, -0.15) is 0 Å². The van der Waals surface area contributed by atoms with Gasteiger partial charge < -0.3 is 10.6 Å². The molecule has 20 heavy (non-hydrogen) atoms. The fourth-order valence-electron chi connectivity index (χ4n) is 3.05. The molecule has 0 aliphatic heterocycles. The van der Waals surface area contributed by atoms with Crippen molar-refractivity contribution in [2.45, 2.75) is 45.6 Å². The zero-order valence-corrected chi connectivity index (χ0v) is 13.8. The molecule has 0 radical (unpaired) electrons. The van der Waals surface area contributed by atoms with Crippen LogP contribution in [-0.2, 0) is 0 Å². The van der Waals surface area contributed by atoms with Gasteiger partial charge in [0.15, 0.2) is 0 Å². The maximum absolute atomic E-state index is 6.32. The summed E-state index contributed by atoms with van der Waals surface area (Å²) in [6.07, 6.45) is 5.11. The van der Waals surface area contributed by atoms with Crippen LogP contribution in [0.4, 0.5) is 5.69 Å². The first kappa shape index (κ1) is 15.6. The van der Waals surface area contributed by atoms with Gasteiger partial charge in [0.25, 0.3) is 0 Å². The average molecular weight is 311 g/mol. The van der Waals surface area contributed by atoms with Crippen molar-refractivity contribution in [3.05, 3.63) is 28.8 Å². The lowest BCUT2D eigenvalue weighted by Crippen LogP contribution is -2.37. The number of hydrogen-bond acceptors (Lipinski definition) is 2. The largest absolute Gasteiger partial charge is 0.389 e. The van der Waals surface area contributed by atoms with Crippen LogP contribution < -0.4 is 10.6 Å². The number of halogens is 1. The summed E-state index contributed by atoms with van der Waals surface area (Å²) in [5.41, 5.74) is 7.84. The Hall–Kier alpha value is -0.800. The van der Waals surface area contributed by atoms with E-state index in [0.29, 0.717) is 22.0 Å². The number of nitrogens with zero attached hydrogens (tertiary/aromatic N) is 1. The van der Waals surface area contributed by atoms with Gasteiger partial charge in [-0.25, -0.2) is 0 Å². The molecule has 0 spiro atoms. The lowest BCUT2D eigenvalue weighted by atomic mass is 10.1. The van der Waals surface area contributed by atoms with Gasteiger partial charge in [-0.1, -0.05) is 56.6 Å². The highest BCUT2D eigenvalue weighted by Crippen LogP contribution is 2.34. The normalized spacial score (nSPS) is 15.8. The molecule has 110 valence electrons. The summed E-state index contributed by atoms with van der Waals surface area (Å²) in [7, 11) is 0. The third-order valence-corrected chi connectivity index (χ3v) is 4.39. The molecule has 1 aliphatic rings. The molecule has 0 bridgehead atoms. The highest BCUT2D eigenvalue weighted by Gasteiger charge is 2.26. The van der Waals surface area contributed by atoms with Gasteiger partial charge in [0.2, 0.25) is 0 Å². The zero-order chi connectivity index (χ0) is 14.7. The van der Waals surface area contributed by atoms with Crippen molar-refractivity contribution in [2.75, 3.05) is 11.4 Å². The van der Waals surface area contributed by atoms with E-state index in [1.165, 1.54) is 25.7 Å². The van der Waals surface area contributed by atoms with E-state index in [1.54, 1.807) is 0 Å². The molecule has 1 aliphatic carbocycles. The molecule has 2 rings (SSSR count). The standard InChI is InChI=1S/C16H23ClN2S/c1-11(2)10-19(12-6-3-4-7-12)14-9-5-8-13(17)15(14)16(18)20/h5,8-9,11-12H,3-4,6-7,10H2,1-2H3,(H2,18,20). The third-order valence-electron chi connectivity index (χ3n) is 3.87. The Morgan fingerprint density at radius 1 is 1.40 bits per heavy atom. The topological polar surface area (TPSA) is 29.3 Å². The van der Waals surface area contributed by atoms with Gasteiger partial charge in [0, 0.05) is 18.3 Å². The molecular weight excluding hydrogens is 288 g/mol. The second-order valence-corrected chi connectivity index (χ2v) is 6.83. The Morgan fingerprint density at radius 2 is 2.05 bits per heavy atom. The summed E-state index contributed by atoms with van der Waals surface area (Å²) in [6.45, 7) is 5.50. The molecule has 4 heteroatoms. The summed E-state index contributed by atoms with van der Waals surface area (Å²) in [4.78, 5) is 2.86. The number of thiocarbonyl (C=S) groups is 1. The lowest BCUT2D eigenvalue weighted by Gasteiger charge is -2.34. The van der Waals surface area contributed by atoms with Crippen LogP contribution in [-0.4, -0.2) is 17.6 Å². The second kappa shape index (κ2) is 6.77. The maximum atomic E-state index is 6.32. The summed E-state index contributed by atoms with van der Waals surface area (Å²) in [6, 6.07) is 6.54. The Kier molecular flexibility index (Phi) is 5.28. The first-order valence-electron chi connectivity index (χ1n) is 7.35. The summed E-state index contributed by atoms with van der Waals surface area (Å²) < 4.78 is 0. The molecule has 1 fully saturated rings. The van der Waals surface area contributed by atoms with Gasteiger partial charge in [0.1, 0.15) is 4.99 Å². The number of anilines is 1. The van der Waals surface area contributed by atoms with Crippen molar-refractivity contribution < 1.29 is 0 Å². The van der Waals surface area contributed by atoms with E-state index in [9.17, 15) is 0 Å². The minimum atomic E-state index is 0.386. The predicted octanol–water partition coefficient (Wildman–Crippen LogP) is 4.38. The van der Waals surface area contributed by atoms with E-state index in [2.05, 4.69) is 24.8 Å². The number of hydrogen-bond donors (Lipinski definition) is 1. The molecule has 0 aromatic heterocycles. The van der Waals surface area contributed by atoms with Crippen LogP contribution in [0.2, 0.25) is 5.02 Å². The minimum absolute atomic E-state index is 0.386. The van der Waals surface area contributed by atoms with Crippen molar-refractivity contribution in [3.63, 3.8) is 0 Å². The Morgan fingerprint density at radius 3 is 2.60 bits per heavy atom. The zero-order valence-electron chi connectivity index (χ0n) is 12.2. The average Bonchev–Trinajstić information content (AvgIpc) is 2.88. The van der Waals surface area contributed by atoms with Crippen molar-refractivity contribution in [1.29, 1.82) is 0 Å². The van der Waals surface area contributed by atoms with Crippen LogP contribution >= 0.6 is 23.8 Å². The monoisotopic (exact) mass is 310 g/mol. The molecule has 0 saturated heterocycles. The molecule has 0 heterocycles. The lowest BCUT2D eigenvalue weighted by molar-refractivity contribution is 0.535. The Labute approximate surface area is 132 Å². The SMILES string of the molecule is CC(C)CN(c1cccc(Cl)c1C(N)=S)C1CCCC1. The molecule has 1 aromatic rings. The summed E-state index contributed by atoms with van der Waals surface area (Å²) >= 11 is 11.5.